The number of rotatable bonds is 4. The Bertz CT molecular complexity index is 594. The zero-order valence-corrected chi connectivity index (χ0v) is 11.4. The number of nitrogens with two attached hydrogens (primary N) is 1. The normalized spacial score (nSPS) is 10.2. The van der Waals surface area contributed by atoms with E-state index in [1.54, 1.807) is 18.2 Å². The molecule has 0 aromatic heterocycles. The van der Waals surface area contributed by atoms with Crippen LogP contribution in [0.25, 0.3) is 0 Å². The van der Waals surface area contributed by atoms with Crippen molar-refractivity contribution in [3.63, 3.8) is 0 Å². The number of hydrogen-bond acceptors (Lipinski definition) is 2. The third kappa shape index (κ3) is 3.48. The predicted molar refractivity (Wildman–Crippen MR) is 78.0 cm³/mol. The number of hydrogen-bond donors (Lipinski definition) is 2. The van der Waals surface area contributed by atoms with Gasteiger partial charge in [-0.15, -0.1) is 0 Å². The van der Waals surface area contributed by atoms with E-state index >= 15 is 0 Å². The van der Waals surface area contributed by atoms with E-state index < -0.39 is 0 Å². The highest BCUT2D eigenvalue weighted by Gasteiger charge is 2.05. The summed E-state index contributed by atoms with van der Waals surface area (Å²) in [5, 5.41) is 7.80. The molecule has 2 rings (SSSR count). The molecule has 0 amide bonds. The van der Waals surface area contributed by atoms with Crippen LogP contribution in [0.1, 0.15) is 16.7 Å². The summed E-state index contributed by atoms with van der Waals surface area (Å²) in [5.74, 6) is 0.583. The number of nitrogens with one attached hydrogen (secondary N) is 1. The van der Waals surface area contributed by atoms with Crippen LogP contribution in [0, 0.1) is 12.3 Å². The number of nitrogen functional groups attached to an aromatic ring is 1. The molecule has 0 unspecified atom stereocenters. The molecule has 19 heavy (non-hydrogen) atoms. The molecule has 2 aromatic carbocycles. The Morgan fingerprint density at radius 3 is 2.47 bits per heavy atom. The fourth-order valence-corrected chi connectivity index (χ4v) is 1.87. The number of halogens is 1. The van der Waals surface area contributed by atoms with Gasteiger partial charge < -0.3 is 10.5 Å². The molecule has 0 saturated carbocycles. The highest BCUT2D eigenvalue weighted by Crippen LogP contribution is 2.26. The lowest BCUT2D eigenvalue weighted by Gasteiger charge is -2.09. The van der Waals surface area contributed by atoms with Gasteiger partial charge in [-0.3, -0.25) is 5.41 Å². The van der Waals surface area contributed by atoms with Crippen LogP contribution in [0.15, 0.2) is 42.5 Å². The molecule has 0 aliphatic heterocycles. The highest BCUT2D eigenvalue weighted by atomic mass is 35.5. The van der Waals surface area contributed by atoms with E-state index in [0.717, 1.165) is 5.56 Å². The Labute approximate surface area is 117 Å². The molecule has 0 saturated heterocycles. The van der Waals surface area contributed by atoms with E-state index in [-0.39, 0.29) is 5.84 Å². The third-order valence-electron chi connectivity index (χ3n) is 2.76. The average Bonchev–Trinajstić information content (AvgIpc) is 2.39. The standard InChI is InChI=1S/C15H15ClN2O/c1-10-2-4-11(5-3-10)9-19-14-7-6-12(15(17)18)8-13(14)16/h2-8H,9H2,1H3,(H3,17,18). The van der Waals surface area contributed by atoms with Crippen LogP contribution in [0.4, 0.5) is 0 Å². The Morgan fingerprint density at radius 1 is 1.21 bits per heavy atom. The first-order valence-corrected chi connectivity index (χ1v) is 6.26. The van der Waals surface area contributed by atoms with Crippen LogP contribution in [0.2, 0.25) is 5.02 Å². The van der Waals surface area contributed by atoms with E-state index in [9.17, 15) is 0 Å². The van der Waals surface area contributed by atoms with Crippen LogP contribution in [-0.2, 0) is 6.61 Å². The van der Waals surface area contributed by atoms with E-state index in [4.69, 9.17) is 27.5 Å². The number of benzene rings is 2. The van der Waals surface area contributed by atoms with Crippen molar-refractivity contribution in [2.24, 2.45) is 5.73 Å². The van der Waals surface area contributed by atoms with Gasteiger partial charge in [-0.2, -0.15) is 0 Å². The fourth-order valence-electron chi connectivity index (χ4n) is 1.63. The third-order valence-corrected chi connectivity index (χ3v) is 3.05. The Kier molecular flexibility index (Phi) is 4.07. The second-order valence-corrected chi connectivity index (χ2v) is 4.74. The molecule has 3 nitrogen and oxygen atoms in total. The predicted octanol–water partition coefficient (Wildman–Crippen LogP) is 3.51. The van der Waals surface area contributed by atoms with Gasteiger partial charge in [0.1, 0.15) is 18.2 Å². The van der Waals surface area contributed by atoms with Crippen LogP contribution >= 0.6 is 11.6 Å². The molecule has 0 spiro atoms. The lowest BCUT2D eigenvalue weighted by molar-refractivity contribution is 0.306. The largest absolute Gasteiger partial charge is 0.487 e. The van der Waals surface area contributed by atoms with Gasteiger partial charge in [0, 0.05) is 5.56 Å². The smallest absolute Gasteiger partial charge is 0.138 e. The fraction of sp³-hybridized carbons (Fsp3) is 0.133. The maximum absolute atomic E-state index is 7.34. The van der Waals surface area contributed by atoms with Gasteiger partial charge >= 0.3 is 0 Å². The van der Waals surface area contributed by atoms with Crippen LogP contribution in [-0.4, -0.2) is 5.84 Å². The van der Waals surface area contributed by atoms with Gasteiger partial charge in [0.15, 0.2) is 0 Å². The van der Waals surface area contributed by atoms with Gasteiger partial charge in [0.2, 0.25) is 0 Å². The minimum Gasteiger partial charge on any atom is -0.487 e. The van der Waals surface area contributed by atoms with Crippen molar-refractivity contribution in [2.75, 3.05) is 0 Å². The minimum atomic E-state index is -0.00742. The second-order valence-electron chi connectivity index (χ2n) is 4.33. The van der Waals surface area contributed by atoms with Crippen molar-refractivity contribution in [1.82, 2.24) is 0 Å². The first-order chi connectivity index (χ1) is 9.06. The Balaban J connectivity index is 2.07. The summed E-state index contributed by atoms with van der Waals surface area (Å²) in [6.45, 7) is 2.50. The van der Waals surface area contributed by atoms with Gasteiger partial charge in [-0.05, 0) is 30.7 Å². The second kappa shape index (κ2) is 5.76. The molecule has 0 fully saturated rings. The van der Waals surface area contributed by atoms with Crippen molar-refractivity contribution in [3.8, 4) is 5.75 Å². The maximum atomic E-state index is 7.34. The molecule has 2 aromatic rings. The van der Waals surface area contributed by atoms with Crippen molar-refractivity contribution >= 4 is 17.4 Å². The molecule has 0 atom stereocenters. The topological polar surface area (TPSA) is 59.1 Å². The average molecular weight is 275 g/mol. The quantitative estimate of drug-likeness (QED) is 0.662. The van der Waals surface area contributed by atoms with Crippen LogP contribution < -0.4 is 10.5 Å². The zero-order valence-electron chi connectivity index (χ0n) is 10.6. The Hall–Kier alpha value is -2.00. The summed E-state index contributed by atoms with van der Waals surface area (Å²) in [4.78, 5) is 0. The molecule has 0 aliphatic carbocycles. The lowest BCUT2D eigenvalue weighted by atomic mass is 10.1. The lowest BCUT2D eigenvalue weighted by Crippen LogP contribution is -2.10. The molecule has 0 heterocycles. The van der Waals surface area contributed by atoms with Crippen molar-refractivity contribution in [2.45, 2.75) is 13.5 Å². The summed E-state index contributed by atoms with van der Waals surface area (Å²) in [7, 11) is 0. The monoisotopic (exact) mass is 274 g/mol. The van der Waals surface area contributed by atoms with Crippen molar-refractivity contribution < 1.29 is 4.74 Å². The molecular weight excluding hydrogens is 260 g/mol. The number of ether oxygens (including phenoxy) is 1. The number of amidine groups is 1. The van der Waals surface area contributed by atoms with Crippen molar-refractivity contribution in [3.05, 3.63) is 64.2 Å². The first kappa shape index (κ1) is 13.4. The molecule has 4 heteroatoms. The first-order valence-electron chi connectivity index (χ1n) is 5.88. The maximum Gasteiger partial charge on any atom is 0.138 e. The van der Waals surface area contributed by atoms with Gasteiger partial charge in [0.25, 0.3) is 0 Å². The van der Waals surface area contributed by atoms with Crippen LogP contribution in [0.3, 0.4) is 0 Å². The summed E-state index contributed by atoms with van der Waals surface area (Å²) in [6.07, 6.45) is 0. The zero-order chi connectivity index (χ0) is 13.8. The van der Waals surface area contributed by atoms with Crippen molar-refractivity contribution in [1.29, 1.82) is 5.41 Å². The molecular formula is C15H15ClN2O. The number of aryl methyl sites for hydroxylation is 1. The Morgan fingerprint density at radius 2 is 1.89 bits per heavy atom. The van der Waals surface area contributed by atoms with Crippen LogP contribution in [0.5, 0.6) is 5.75 Å². The molecule has 3 N–H and O–H groups in total. The molecule has 98 valence electrons. The molecule has 0 radical (unpaired) electrons. The summed E-state index contributed by atoms with van der Waals surface area (Å²) in [5.41, 5.74) is 8.28. The van der Waals surface area contributed by atoms with E-state index in [0.29, 0.717) is 22.9 Å². The minimum absolute atomic E-state index is 0.00742. The summed E-state index contributed by atoms with van der Waals surface area (Å²) in [6, 6.07) is 13.2. The van der Waals surface area contributed by atoms with Gasteiger partial charge in [-0.25, -0.2) is 0 Å². The van der Waals surface area contributed by atoms with Gasteiger partial charge in [0.05, 0.1) is 5.02 Å². The molecule has 0 aliphatic rings. The molecule has 0 bridgehead atoms. The van der Waals surface area contributed by atoms with E-state index in [2.05, 4.69) is 0 Å². The van der Waals surface area contributed by atoms with E-state index in [1.807, 2.05) is 31.2 Å². The highest BCUT2D eigenvalue weighted by molar-refractivity contribution is 6.32. The van der Waals surface area contributed by atoms with E-state index in [1.165, 1.54) is 5.56 Å². The SMILES string of the molecule is Cc1ccc(COc2ccc(C(=N)N)cc2Cl)cc1. The van der Waals surface area contributed by atoms with Gasteiger partial charge in [-0.1, -0.05) is 41.4 Å². The summed E-state index contributed by atoms with van der Waals surface area (Å²) >= 11 is 6.09. The summed E-state index contributed by atoms with van der Waals surface area (Å²) < 4.78 is 5.65.